The number of rotatable bonds is 0. The van der Waals surface area contributed by atoms with Crippen molar-refractivity contribution in [2.45, 2.75) is 0 Å². The average molecular weight is 316 g/mol. The van der Waals surface area contributed by atoms with Gasteiger partial charge in [-0.3, -0.25) is 0 Å². The third-order valence-corrected chi connectivity index (χ3v) is 0. The van der Waals surface area contributed by atoms with Crippen molar-refractivity contribution in [3.8, 4) is 0 Å². The van der Waals surface area contributed by atoms with E-state index in [2.05, 4.69) is 0 Å². The SMILES string of the molecule is O.O.O=P(O)(O)O.O=P(O)(O)O.[CaH2].[CaH2]. The molecule has 0 saturated carbocycles. The summed E-state index contributed by atoms with van der Waals surface area (Å²) in [7, 11) is -9.28. The van der Waals surface area contributed by atoms with E-state index in [1.165, 1.54) is 0 Å². The molecule has 0 atom stereocenters. The van der Waals surface area contributed by atoms with Gasteiger partial charge in [0, 0.05) is 0 Å². The second-order valence-electron chi connectivity index (χ2n) is 1.03. The van der Waals surface area contributed by atoms with Gasteiger partial charge in [0.2, 0.25) is 0 Å². The van der Waals surface area contributed by atoms with E-state index in [-0.39, 0.29) is 86.4 Å². The van der Waals surface area contributed by atoms with Gasteiger partial charge in [0.1, 0.15) is 0 Å². The maximum absolute atomic E-state index is 8.88. The minimum atomic E-state index is -4.64. The molecule has 0 aliphatic rings. The van der Waals surface area contributed by atoms with Crippen molar-refractivity contribution in [1.29, 1.82) is 0 Å². The quantitative estimate of drug-likeness (QED) is 0.187. The molecule has 14 heavy (non-hydrogen) atoms. The van der Waals surface area contributed by atoms with Crippen LogP contribution in [-0.4, -0.2) is 116 Å². The predicted octanol–water partition coefficient (Wildman–Crippen LogP) is -5.34. The van der Waals surface area contributed by atoms with E-state index >= 15 is 0 Å². The van der Waals surface area contributed by atoms with Gasteiger partial charge in [-0.05, 0) is 0 Å². The zero-order valence-corrected chi connectivity index (χ0v) is 7.18. The summed E-state index contributed by atoms with van der Waals surface area (Å²) in [6, 6.07) is 0. The van der Waals surface area contributed by atoms with Crippen molar-refractivity contribution >= 4 is 91.1 Å². The van der Waals surface area contributed by atoms with Crippen molar-refractivity contribution in [2.75, 3.05) is 0 Å². The molecule has 10 N–H and O–H groups in total. The molecular weight excluding hydrogens is 302 g/mol. The molecule has 14 heteroatoms. The van der Waals surface area contributed by atoms with Gasteiger partial charge in [-0.2, -0.15) is 0 Å². The summed E-state index contributed by atoms with van der Waals surface area (Å²) in [5.74, 6) is 0. The van der Waals surface area contributed by atoms with Crippen LogP contribution in [0.1, 0.15) is 0 Å². The third kappa shape index (κ3) is 387. The molecule has 88 valence electrons. The average Bonchev–Trinajstić information content (AvgIpc) is 1.12. The normalized spacial score (nSPS) is 8.43. The van der Waals surface area contributed by atoms with Crippen LogP contribution in [0.25, 0.3) is 0 Å². The fraction of sp³-hybridized carbons (Fsp3) is 0. The van der Waals surface area contributed by atoms with Gasteiger partial charge in [0.25, 0.3) is 0 Å². The van der Waals surface area contributed by atoms with Crippen LogP contribution in [0.15, 0.2) is 0 Å². The molecular formula is H14Ca2O10P2. The zero-order chi connectivity index (χ0) is 9.00. The van der Waals surface area contributed by atoms with Crippen LogP contribution in [0.3, 0.4) is 0 Å². The first-order valence-electron chi connectivity index (χ1n) is 1.57. The van der Waals surface area contributed by atoms with Crippen molar-refractivity contribution in [3.63, 3.8) is 0 Å². The van der Waals surface area contributed by atoms with Crippen LogP contribution in [0, 0.1) is 0 Å². The Hall–Kier alpha value is 2.66. The molecule has 0 heterocycles. The van der Waals surface area contributed by atoms with Crippen LogP contribution in [-0.2, 0) is 9.13 Å². The first-order valence-corrected chi connectivity index (χ1v) is 4.70. The van der Waals surface area contributed by atoms with Crippen LogP contribution >= 0.6 is 15.6 Å². The van der Waals surface area contributed by atoms with Gasteiger partial charge < -0.3 is 40.3 Å². The fourth-order valence-electron chi connectivity index (χ4n) is 0. The Morgan fingerprint density at radius 1 is 0.571 bits per heavy atom. The molecule has 10 nitrogen and oxygen atoms in total. The van der Waals surface area contributed by atoms with E-state index in [0.29, 0.717) is 0 Å². The predicted molar refractivity (Wildman–Crippen MR) is 52.8 cm³/mol. The van der Waals surface area contributed by atoms with Crippen LogP contribution < -0.4 is 0 Å². The Labute approximate surface area is 138 Å². The van der Waals surface area contributed by atoms with E-state index in [1.807, 2.05) is 0 Å². The molecule has 0 aromatic heterocycles. The summed E-state index contributed by atoms with van der Waals surface area (Å²) in [6.45, 7) is 0. The van der Waals surface area contributed by atoms with E-state index in [1.54, 1.807) is 0 Å². The molecule has 0 aromatic rings. The third-order valence-electron chi connectivity index (χ3n) is 0. The van der Waals surface area contributed by atoms with Crippen molar-refractivity contribution in [3.05, 3.63) is 0 Å². The van der Waals surface area contributed by atoms with Gasteiger partial charge in [0.15, 0.2) is 0 Å². The van der Waals surface area contributed by atoms with Gasteiger partial charge in [-0.15, -0.1) is 0 Å². The summed E-state index contributed by atoms with van der Waals surface area (Å²) in [5, 5.41) is 0. The van der Waals surface area contributed by atoms with E-state index in [9.17, 15) is 0 Å². The van der Waals surface area contributed by atoms with Crippen molar-refractivity contribution in [2.24, 2.45) is 0 Å². The second-order valence-corrected chi connectivity index (χ2v) is 3.08. The molecule has 0 fully saturated rings. The molecule has 0 bridgehead atoms. The summed E-state index contributed by atoms with van der Waals surface area (Å²) < 4.78 is 17.8. The van der Waals surface area contributed by atoms with E-state index in [0.717, 1.165) is 0 Å². The molecule has 0 unspecified atom stereocenters. The summed E-state index contributed by atoms with van der Waals surface area (Å²) in [4.78, 5) is 43.1. The minimum absolute atomic E-state index is 0. The zero-order valence-electron chi connectivity index (χ0n) is 5.39. The Morgan fingerprint density at radius 2 is 0.571 bits per heavy atom. The molecule has 0 aliphatic carbocycles. The number of phosphoric acid groups is 2. The van der Waals surface area contributed by atoms with Crippen LogP contribution in [0.2, 0.25) is 0 Å². The summed E-state index contributed by atoms with van der Waals surface area (Å²) in [5.41, 5.74) is 0. The Kier molecular flexibility index (Phi) is 40.2. The Morgan fingerprint density at radius 3 is 0.571 bits per heavy atom. The van der Waals surface area contributed by atoms with E-state index in [4.69, 9.17) is 38.5 Å². The monoisotopic (exact) mass is 316 g/mol. The summed E-state index contributed by atoms with van der Waals surface area (Å²) in [6.07, 6.45) is 0. The second kappa shape index (κ2) is 15.7. The first kappa shape index (κ1) is 36.0. The van der Waals surface area contributed by atoms with Crippen LogP contribution in [0.5, 0.6) is 0 Å². The molecule has 0 spiro atoms. The fourth-order valence-corrected chi connectivity index (χ4v) is 0. The van der Waals surface area contributed by atoms with Gasteiger partial charge in [-0.1, -0.05) is 0 Å². The maximum atomic E-state index is 8.88. The molecule has 0 aromatic carbocycles. The Balaban J connectivity index is -0.0000000178. The van der Waals surface area contributed by atoms with Gasteiger partial charge in [-0.25, -0.2) is 9.13 Å². The molecule has 0 rings (SSSR count). The molecule has 0 aliphatic heterocycles. The standard InChI is InChI=1S/2Ca.2H3O4P.2H2O.4H/c;;2*1-5(2,3)4;;;;;;/h;;2*(H3,1,2,3,4);2*1H2;;;;. The summed E-state index contributed by atoms with van der Waals surface area (Å²) >= 11 is 0. The number of hydrogen-bond acceptors (Lipinski definition) is 2. The van der Waals surface area contributed by atoms with Gasteiger partial charge >= 0.3 is 91.1 Å². The first-order chi connectivity index (χ1) is 4.00. The van der Waals surface area contributed by atoms with E-state index < -0.39 is 15.6 Å². The molecule has 0 saturated heterocycles. The van der Waals surface area contributed by atoms with Crippen molar-refractivity contribution in [1.82, 2.24) is 0 Å². The van der Waals surface area contributed by atoms with Crippen molar-refractivity contribution < 1.29 is 49.4 Å². The topological polar surface area (TPSA) is 219 Å². The van der Waals surface area contributed by atoms with Crippen LogP contribution in [0.4, 0.5) is 0 Å². The molecule has 0 radical (unpaired) electrons. The van der Waals surface area contributed by atoms with Gasteiger partial charge in [0.05, 0.1) is 0 Å². The Bertz CT molecular complexity index is 128. The number of hydrogen-bond donors (Lipinski definition) is 6. The molecule has 0 amide bonds.